The van der Waals surface area contributed by atoms with Gasteiger partial charge in [-0.05, 0) is 12.1 Å². The van der Waals surface area contributed by atoms with E-state index in [1.165, 1.54) is 7.05 Å². The molecule has 2 N–H and O–H groups in total. The van der Waals surface area contributed by atoms with Crippen molar-refractivity contribution in [3.8, 4) is 17.0 Å². The van der Waals surface area contributed by atoms with E-state index in [-0.39, 0.29) is 10.8 Å². The second-order valence-corrected chi connectivity index (χ2v) is 8.96. The van der Waals surface area contributed by atoms with E-state index in [0.29, 0.717) is 50.3 Å². The molecule has 3 heterocycles. The van der Waals surface area contributed by atoms with Crippen LogP contribution in [-0.2, 0) is 6.42 Å². The zero-order valence-corrected chi connectivity index (χ0v) is 18.3. The molecular formula is C19H16Cl2F2N4O2S. The van der Waals surface area contributed by atoms with Gasteiger partial charge >= 0.3 is 0 Å². The fraction of sp³-hybridized carbons (Fsp3) is 0.316. The number of alkyl halides is 2. The van der Waals surface area contributed by atoms with E-state index < -0.39 is 18.4 Å². The zero-order chi connectivity index (χ0) is 21.8. The molecular weight excluding hydrogens is 457 g/mol. The molecule has 1 aromatic carbocycles. The Kier molecular flexibility index (Phi) is 5.24. The molecule has 0 saturated carbocycles. The van der Waals surface area contributed by atoms with Crippen molar-refractivity contribution in [2.45, 2.75) is 19.3 Å². The molecule has 4 rings (SSSR count). The Hall–Kier alpha value is -2.23. The van der Waals surface area contributed by atoms with Crippen LogP contribution in [0, 0.1) is 0 Å². The fourth-order valence-corrected chi connectivity index (χ4v) is 5.15. The second kappa shape index (κ2) is 7.47. The number of halogens is 4. The van der Waals surface area contributed by atoms with Gasteiger partial charge in [0.2, 0.25) is 5.95 Å². The Labute approximate surface area is 184 Å². The van der Waals surface area contributed by atoms with Crippen LogP contribution in [0.1, 0.15) is 22.2 Å². The number of anilines is 1. The number of fused-ring (bicyclic) bond motifs is 2. The normalized spacial score (nSPS) is 13.4. The first-order valence-corrected chi connectivity index (χ1v) is 10.5. The highest BCUT2D eigenvalue weighted by Crippen LogP contribution is 2.46. The molecule has 0 spiro atoms. The first kappa shape index (κ1) is 21.0. The quantitative estimate of drug-likeness (QED) is 0.583. The van der Waals surface area contributed by atoms with Gasteiger partial charge < -0.3 is 15.4 Å². The van der Waals surface area contributed by atoms with Crippen LogP contribution in [0.5, 0.6) is 5.75 Å². The standard InChI is InChI=1S/C19H16Cl2F2N4O2S/c1-19(22,23)7-27(2)17(28)12-5-9-14(25-18(24)26-16(9)30-12)13-8-3-4-29-15(8)11(21)6-10(13)20/h5-6H,3-4,7H2,1-2H3,(H2,24,25,26). The SMILES string of the molecule is CN(CC(C)(F)F)C(=O)c1cc2c(-c3c(Cl)cc(Cl)c4c3CCO4)nc(N)nc2s1. The van der Waals surface area contributed by atoms with Crippen molar-refractivity contribution >= 4 is 56.6 Å². The van der Waals surface area contributed by atoms with Gasteiger partial charge in [-0.3, -0.25) is 4.79 Å². The van der Waals surface area contributed by atoms with Crippen molar-refractivity contribution < 1.29 is 18.3 Å². The fourth-order valence-electron chi connectivity index (χ4n) is 3.47. The molecule has 11 heteroatoms. The summed E-state index contributed by atoms with van der Waals surface area (Å²) in [5, 5.41) is 1.32. The Morgan fingerprint density at radius 1 is 1.33 bits per heavy atom. The first-order valence-electron chi connectivity index (χ1n) is 8.89. The molecule has 3 aromatic rings. The molecule has 0 bridgehead atoms. The number of hydrogen-bond donors (Lipinski definition) is 1. The molecule has 1 aliphatic heterocycles. The summed E-state index contributed by atoms with van der Waals surface area (Å²) in [7, 11) is 1.32. The molecule has 2 aromatic heterocycles. The van der Waals surface area contributed by atoms with Gasteiger partial charge in [0, 0.05) is 36.9 Å². The summed E-state index contributed by atoms with van der Waals surface area (Å²) in [6.45, 7) is 0.515. The van der Waals surface area contributed by atoms with E-state index in [2.05, 4.69) is 9.97 Å². The lowest BCUT2D eigenvalue weighted by Gasteiger charge is -2.20. The van der Waals surface area contributed by atoms with Crippen molar-refractivity contribution in [3.63, 3.8) is 0 Å². The molecule has 158 valence electrons. The maximum atomic E-state index is 13.3. The third-order valence-electron chi connectivity index (χ3n) is 4.60. The number of thiophene rings is 1. The summed E-state index contributed by atoms with van der Waals surface area (Å²) < 4.78 is 32.3. The van der Waals surface area contributed by atoms with E-state index in [4.69, 9.17) is 33.7 Å². The molecule has 0 aliphatic carbocycles. The van der Waals surface area contributed by atoms with Crippen molar-refractivity contribution in [1.29, 1.82) is 0 Å². The van der Waals surface area contributed by atoms with E-state index in [1.54, 1.807) is 12.1 Å². The average molecular weight is 473 g/mol. The highest BCUT2D eigenvalue weighted by Gasteiger charge is 2.29. The van der Waals surface area contributed by atoms with Gasteiger partial charge in [-0.1, -0.05) is 23.2 Å². The van der Waals surface area contributed by atoms with E-state index >= 15 is 0 Å². The lowest BCUT2D eigenvalue weighted by atomic mass is 10.00. The molecule has 1 aliphatic rings. The molecule has 0 unspecified atom stereocenters. The number of benzene rings is 1. The Morgan fingerprint density at radius 2 is 2.07 bits per heavy atom. The van der Waals surface area contributed by atoms with Crippen LogP contribution in [0.25, 0.3) is 21.5 Å². The minimum Gasteiger partial charge on any atom is -0.491 e. The van der Waals surface area contributed by atoms with Crippen LogP contribution in [-0.4, -0.2) is 46.9 Å². The monoisotopic (exact) mass is 472 g/mol. The third kappa shape index (κ3) is 3.77. The number of carbonyl (C=O) groups excluding carboxylic acids is 1. The van der Waals surface area contributed by atoms with E-state index in [1.807, 2.05) is 0 Å². The Morgan fingerprint density at radius 3 is 2.77 bits per heavy atom. The predicted molar refractivity (Wildman–Crippen MR) is 114 cm³/mol. The maximum Gasteiger partial charge on any atom is 0.263 e. The van der Waals surface area contributed by atoms with Gasteiger partial charge in [0.1, 0.15) is 10.6 Å². The van der Waals surface area contributed by atoms with Crippen LogP contribution in [0.2, 0.25) is 10.0 Å². The largest absolute Gasteiger partial charge is 0.491 e. The van der Waals surface area contributed by atoms with E-state index in [0.717, 1.165) is 28.7 Å². The molecule has 0 radical (unpaired) electrons. The summed E-state index contributed by atoms with van der Waals surface area (Å²) >= 11 is 13.8. The van der Waals surface area contributed by atoms with Crippen molar-refractivity contribution in [1.82, 2.24) is 14.9 Å². The van der Waals surface area contributed by atoms with Crippen LogP contribution < -0.4 is 10.5 Å². The highest BCUT2D eigenvalue weighted by atomic mass is 35.5. The summed E-state index contributed by atoms with van der Waals surface area (Å²) in [6, 6.07) is 3.15. The number of nitrogen functional groups attached to an aromatic ring is 1. The molecule has 6 nitrogen and oxygen atoms in total. The van der Waals surface area contributed by atoms with Gasteiger partial charge in [-0.25, -0.2) is 18.7 Å². The minimum absolute atomic E-state index is 0.00507. The smallest absolute Gasteiger partial charge is 0.263 e. The summed E-state index contributed by atoms with van der Waals surface area (Å²) in [5.74, 6) is -3.00. The van der Waals surface area contributed by atoms with E-state index in [9.17, 15) is 13.6 Å². The molecule has 0 saturated heterocycles. The summed E-state index contributed by atoms with van der Waals surface area (Å²) in [6.07, 6.45) is 0.584. The topological polar surface area (TPSA) is 81.3 Å². The number of ether oxygens (including phenoxy) is 1. The Balaban J connectivity index is 1.86. The third-order valence-corrected chi connectivity index (χ3v) is 6.20. The number of rotatable bonds is 4. The van der Waals surface area contributed by atoms with Crippen LogP contribution in [0.3, 0.4) is 0 Å². The number of amides is 1. The summed E-state index contributed by atoms with van der Waals surface area (Å²) in [4.78, 5) is 22.9. The lowest BCUT2D eigenvalue weighted by molar-refractivity contribution is -0.00544. The van der Waals surface area contributed by atoms with Gasteiger partial charge in [0.05, 0.1) is 33.8 Å². The predicted octanol–water partition coefficient (Wildman–Crippen LogP) is 4.91. The van der Waals surface area contributed by atoms with Crippen molar-refractivity contribution in [3.05, 3.63) is 32.6 Å². The number of carbonyl (C=O) groups is 1. The number of aromatic nitrogens is 2. The van der Waals surface area contributed by atoms with Crippen LogP contribution in [0.4, 0.5) is 14.7 Å². The molecule has 0 fully saturated rings. The van der Waals surface area contributed by atoms with Crippen LogP contribution in [0.15, 0.2) is 12.1 Å². The second-order valence-electron chi connectivity index (χ2n) is 7.11. The molecule has 1 amide bonds. The number of nitrogens with two attached hydrogens (primary N) is 1. The summed E-state index contributed by atoms with van der Waals surface area (Å²) in [5.41, 5.74) is 7.76. The van der Waals surface area contributed by atoms with Crippen LogP contribution >= 0.6 is 34.5 Å². The van der Waals surface area contributed by atoms with Gasteiger partial charge in [0.15, 0.2) is 0 Å². The average Bonchev–Trinajstić information content (AvgIpc) is 3.26. The first-order chi connectivity index (χ1) is 14.0. The number of hydrogen-bond acceptors (Lipinski definition) is 6. The van der Waals surface area contributed by atoms with Gasteiger partial charge in [0.25, 0.3) is 11.8 Å². The lowest BCUT2D eigenvalue weighted by Crippen LogP contribution is -2.36. The minimum atomic E-state index is -3.01. The molecule has 30 heavy (non-hydrogen) atoms. The molecule has 0 atom stereocenters. The van der Waals surface area contributed by atoms with Gasteiger partial charge in [-0.2, -0.15) is 0 Å². The highest BCUT2D eigenvalue weighted by molar-refractivity contribution is 7.20. The van der Waals surface area contributed by atoms with Crippen molar-refractivity contribution in [2.24, 2.45) is 0 Å². The zero-order valence-electron chi connectivity index (χ0n) is 15.9. The number of nitrogens with zero attached hydrogens (tertiary/aromatic N) is 3. The van der Waals surface area contributed by atoms with Crippen molar-refractivity contribution in [2.75, 3.05) is 25.9 Å². The maximum absolute atomic E-state index is 13.3. The Bertz CT molecular complexity index is 1180. The van der Waals surface area contributed by atoms with Gasteiger partial charge in [-0.15, -0.1) is 11.3 Å².